The van der Waals surface area contributed by atoms with Gasteiger partial charge in [0, 0.05) is 23.9 Å². The minimum atomic E-state index is -1.09. The second-order valence-electron chi connectivity index (χ2n) is 13.9. The minimum Gasteiger partial charge on any atom is -0.444 e. The number of fused-ring (bicyclic) bond motifs is 1. The second-order valence-corrected chi connectivity index (χ2v) is 13.9. The van der Waals surface area contributed by atoms with Gasteiger partial charge >= 0.3 is 6.09 Å². The van der Waals surface area contributed by atoms with E-state index in [0.29, 0.717) is 25.7 Å². The van der Waals surface area contributed by atoms with E-state index < -0.39 is 53.6 Å². The molecule has 0 radical (unpaired) electrons. The van der Waals surface area contributed by atoms with E-state index >= 15 is 0 Å². The zero-order valence-corrected chi connectivity index (χ0v) is 28.7. The van der Waals surface area contributed by atoms with Crippen molar-refractivity contribution in [1.29, 1.82) is 0 Å². The number of nitrogens with one attached hydrogen (secondary N) is 3. The quantitative estimate of drug-likeness (QED) is 0.136. The molecular weight excluding hydrogens is 634 g/mol. The number of alkyl carbamates (subject to hydrolysis) is 1. The van der Waals surface area contributed by atoms with Crippen LogP contribution in [0.4, 0.5) is 4.79 Å². The molecule has 0 saturated carbocycles. The van der Waals surface area contributed by atoms with Crippen LogP contribution in [0.3, 0.4) is 0 Å². The number of nitrogens with zero attached hydrogens (tertiary/aromatic N) is 4. The third kappa shape index (κ3) is 9.21. The van der Waals surface area contributed by atoms with Gasteiger partial charge in [-0.2, -0.15) is 0 Å². The van der Waals surface area contributed by atoms with Gasteiger partial charge in [0.25, 0.3) is 0 Å². The number of benzene rings is 3. The van der Waals surface area contributed by atoms with E-state index in [-0.39, 0.29) is 24.9 Å². The molecule has 2 heterocycles. The predicted octanol–water partition coefficient (Wildman–Crippen LogP) is 5.59. The molecule has 3 N–H and O–H groups in total. The van der Waals surface area contributed by atoms with Crippen molar-refractivity contribution in [2.24, 2.45) is 11.0 Å². The Labute approximate surface area is 292 Å². The van der Waals surface area contributed by atoms with Crippen LogP contribution < -0.4 is 16.0 Å². The van der Waals surface area contributed by atoms with E-state index in [0.717, 1.165) is 16.7 Å². The SMILES string of the molecule is CC(C)(C)OC(=O)N[C@H](Cc1ccccc1)C(=O)N[C@@H]1C(=O)N2[C@@H](CC[C@@H]1CN=[N+]=[N-])CC[C@H]2C(=O)NC(c1ccccc1)c1ccccc1. The highest BCUT2D eigenvalue weighted by molar-refractivity contribution is 5.95. The number of carbonyl (C=O) groups excluding carboxylic acids is 4. The number of amides is 4. The molecule has 2 fully saturated rings. The fraction of sp³-hybridized carbons (Fsp3) is 0.421. The van der Waals surface area contributed by atoms with Crippen molar-refractivity contribution in [1.82, 2.24) is 20.9 Å². The van der Waals surface area contributed by atoms with Crippen molar-refractivity contribution in [3.63, 3.8) is 0 Å². The molecule has 4 amide bonds. The average Bonchev–Trinajstić information content (AvgIpc) is 3.48. The standard InChI is InChI=1S/C38H45N7O5/c1-38(2,3)50-37(49)41-30(23-25-13-7-4-8-14-25)34(46)43-33-28(24-40-44-39)19-20-29-21-22-31(45(29)36(33)48)35(47)42-32(26-15-9-5-10-16-26)27-17-11-6-12-18-27/h4-18,28-33H,19-24H2,1-3H3,(H,41,49)(H,42,47)(H,43,46)/t28-,29+,30-,31+,33+/m1/s1. The minimum absolute atomic E-state index is 0.0163. The number of rotatable bonds is 11. The Kier molecular flexibility index (Phi) is 11.8. The van der Waals surface area contributed by atoms with Crippen LogP contribution in [0.15, 0.2) is 96.1 Å². The van der Waals surface area contributed by atoms with Crippen LogP contribution >= 0.6 is 0 Å². The van der Waals surface area contributed by atoms with E-state index in [2.05, 4.69) is 26.0 Å². The first-order valence-electron chi connectivity index (χ1n) is 17.1. The summed E-state index contributed by atoms with van der Waals surface area (Å²) in [6, 6.07) is 24.9. The molecule has 5 rings (SSSR count). The molecule has 3 aromatic carbocycles. The Bertz CT molecular complexity index is 1640. The molecule has 0 bridgehead atoms. The largest absolute Gasteiger partial charge is 0.444 e. The third-order valence-corrected chi connectivity index (χ3v) is 9.19. The van der Waals surface area contributed by atoms with Crippen molar-refractivity contribution < 1.29 is 23.9 Å². The van der Waals surface area contributed by atoms with Crippen LogP contribution in [0.25, 0.3) is 10.4 Å². The van der Waals surface area contributed by atoms with Gasteiger partial charge < -0.3 is 25.6 Å². The summed E-state index contributed by atoms with van der Waals surface area (Å²) in [7, 11) is 0. The van der Waals surface area contributed by atoms with Crippen molar-refractivity contribution in [3.05, 3.63) is 118 Å². The van der Waals surface area contributed by atoms with Gasteiger partial charge in [0.05, 0.1) is 6.04 Å². The molecule has 0 spiro atoms. The van der Waals surface area contributed by atoms with Crippen LogP contribution in [0.2, 0.25) is 0 Å². The molecule has 12 nitrogen and oxygen atoms in total. The fourth-order valence-electron chi connectivity index (χ4n) is 6.86. The molecule has 5 atom stereocenters. The van der Waals surface area contributed by atoms with Crippen LogP contribution in [-0.2, 0) is 25.5 Å². The summed E-state index contributed by atoms with van der Waals surface area (Å²) in [5, 5.41) is 12.6. The summed E-state index contributed by atoms with van der Waals surface area (Å²) in [5.41, 5.74) is 11.0. The lowest BCUT2D eigenvalue weighted by atomic mass is 9.92. The first kappa shape index (κ1) is 35.9. The second kappa shape index (κ2) is 16.4. The number of hydrogen-bond acceptors (Lipinski definition) is 6. The highest BCUT2D eigenvalue weighted by Gasteiger charge is 2.48. The molecule has 12 heteroatoms. The molecule has 0 unspecified atom stereocenters. The maximum atomic E-state index is 14.6. The van der Waals surface area contributed by atoms with E-state index in [1.807, 2.05) is 91.0 Å². The van der Waals surface area contributed by atoms with E-state index in [1.165, 1.54) is 0 Å². The molecule has 50 heavy (non-hydrogen) atoms. The molecule has 2 aliphatic heterocycles. The van der Waals surface area contributed by atoms with E-state index in [9.17, 15) is 19.2 Å². The van der Waals surface area contributed by atoms with Crippen molar-refractivity contribution in [2.75, 3.05) is 6.54 Å². The number of hydrogen-bond donors (Lipinski definition) is 3. The molecule has 0 aliphatic carbocycles. The first-order chi connectivity index (χ1) is 24.0. The van der Waals surface area contributed by atoms with Crippen LogP contribution in [-0.4, -0.2) is 65.0 Å². The topological polar surface area (TPSA) is 166 Å². The number of carbonyl (C=O) groups is 4. The van der Waals surface area contributed by atoms with Crippen LogP contribution in [0.1, 0.15) is 69.2 Å². The molecular formula is C38H45N7O5. The van der Waals surface area contributed by atoms with Gasteiger partial charge in [0.2, 0.25) is 17.7 Å². The lowest BCUT2D eigenvalue weighted by Crippen LogP contribution is -2.59. The Morgan fingerprint density at radius 3 is 2.04 bits per heavy atom. The first-order valence-corrected chi connectivity index (χ1v) is 17.1. The molecule has 3 aromatic rings. The zero-order chi connectivity index (χ0) is 35.7. The lowest BCUT2D eigenvalue weighted by Gasteiger charge is -2.33. The Hall–Kier alpha value is -5.35. The number of ether oxygens (including phenoxy) is 1. The van der Waals surface area contributed by atoms with Crippen LogP contribution in [0.5, 0.6) is 0 Å². The Balaban J connectivity index is 1.40. The van der Waals surface area contributed by atoms with Gasteiger partial charge in [-0.1, -0.05) is 96.1 Å². The average molecular weight is 680 g/mol. The summed E-state index contributed by atoms with van der Waals surface area (Å²) in [6.07, 6.45) is 1.54. The molecule has 262 valence electrons. The zero-order valence-electron chi connectivity index (χ0n) is 28.7. The van der Waals surface area contributed by atoms with Crippen molar-refractivity contribution >= 4 is 23.8 Å². The summed E-state index contributed by atoms with van der Waals surface area (Å²) >= 11 is 0. The highest BCUT2D eigenvalue weighted by Crippen LogP contribution is 2.35. The summed E-state index contributed by atoms with van der Waals surface area (Å²) in [6.45, 7) is 5.16. The predicted molar refractivity (Wildman–Crippen MR) is 188 cm³/mol. The summed E-state index contributed by atoms with van der Waals surface area (Å²) in [5.74, 6) is -1.80. The van der Waals surface area contributed by atoms with Gasteiger partial charge in [0.1, 0.15) is 23.7 Å². The lowest BCUT2D eigenvalue weighted by molar-refractivity contribution is -0.143. The fourth-order valence-corrected chi connectivity index (χ4v) is 6.86. The van der Waals surface area contributed by atoms with Crippen LogP contribution in [0, 0.1) is 5.92 Å². The van der Waals surface area contributed by atoms with Gasteiger partial charge in [0.15, 0.2) is 0 Å². The normalized spacial score (nSPS) is 20.9. The van der Waals surface area contributed by atoms with Gasteiger partial charge in [-0.15, -0.1) is 0 Å². The van der Waals surface area contributed by atoms with E-state index in [4.69, 9.17) is 10.3 Å². The van der Waals surface area contributed by atoms with Gasteiger partial charge in [-0.05, 0) is 74.6 Å². The highest BCUT2D eigenvalue weighted by atomic mass is 16.6. The maximum Gasteiger partial charge on any atom is 0.408 e. The molecule has 2 aliphatic rings. The Morgan fingerprint density at radius 2 is 1.46 bits per heavy atom. The van der Waals surface area contributed by atoms with E-state index in [1.54, 1.807) is 25.7 Å². The monoisotopic (exact) mass is 679 g/mol. The van der Waals surface area contributed by atoms with Gasteiger partial charge in [-0.3, -0.25) is 14.4 Å². The molecule has 2 saturated heterocycles. The maximum absolute atomic E-state index is 14.6. The van der Waals surface area contributed by atoms with Crippen molar-refractivity contribution in [3.8, 4) is 0 Å². The molecule has 0 aromatic heterocycles. The Morgan fingerprint density at radius 1 is 0.880 bits per heavy atom. The number of azide groups is 1. The van der Waals surface area contributed by atoms with Gasteiger partial charge in [-0.25, -0.2) is 4.79 Å². The third-order valence-electron chi connectivity index (χ3n) is 9.19. The smallest absolute Gasteiger partial charge is 0.408 e. The summed E-state index contributed by atoms with van der Waals surface area (Å²) in [4.78, 5) is 60.1. The summed E-state index contributed by atoms with van der Waals surface area (Å²) < 4.78 is 5.45. The van der Waals surface area contributed by atoms with Crippen molar-refractivity contribution in [2.45, 2.75) is 88.7 Å².